The third-order valence-electron chi connectivity index (χ3n) is 11.5. The van der Waals surface area contributed by atoms with Gasteiger partial charge in [-0.25, -0.2) is 28.5 Å². The van der Waals surface area contributed by atoms with Gasteiger partial charge in [0.15, 0.2) is 16.6 Å². The zero-order chi connectivity index (χ0) is 53.8. The first-order valence-corrected chi connectivity index (χ1v) is 25.0. The number of halogens is 2. The molecule has 398 valence electrons. The van der Waals surface area contributed by atoms with Gasteiger partial charge in [-0.3, -0.25) is 37.3 Å². The van der Waals surface area contributed by atoms with Crippen molar-refractivity contribution in [3.8, 4) is 0 Å². The van der Waals surface area contributed by atoms with Crippen LogP contribution in [0.3, 0.4) is 0 Å². The van der Waals surface area contributed by atoms with Crippen molar-refractivity contribution in [3.05, 3.63) is 92.4 Å². The van der Waals surface area contributed by atoms with Gasteiger partial charge >= 0.3 is 103 Å². The zero-order valence-corrected chi connectivity index (χ0v) is 51.9. The second-order valence-electron chi connectivity index (χ2n) is 17.6. The zero-order valence-electron chi connectivity index (χ0n) is 46.1. The van der Waals surface area contributed by atoms with Crippen LogP contribution in [0.15, 0.2) is 58.3 Å². The second kappa shape index (κ2) is 34.0. The Morgan fingerprint density at radius 3 is 1.54 bits per heavy atom. The van der Waals surface area contributed by atoms with Gasteiger partial charge in [-0.05, 0) is 38.5 Å². The average molecular weight is 1150 g/mol. The number of carbonyl (C=O) groups excluding carboxylic acids is 1. The van der Waals surface area contributed by atoms with Crippen LogP contribution < -0.4 is 140 Å². The number of hydrogen-bond acceptors (Lipinski definition) is 17. The van der Waals surface area contributed by atoms with Crippen LogP contribution in [0, 0.1) is 0 Å². The molecule has 0 bridgehead atoms. The molecule has 0 aliphatic carbocycles. The molecular formula is C47H71BrFK2N15O8. The van der Waals surface area contributed by atoms with E-state index in [1.165, 1.54) is 6.42 Å². The molecule has 0 fully saturated rings. The third kappa shape index (κ3) is 17.0. The predicted molar refractivity (Wildman–Crippen MR) is 277 cm³/mol. The summed E-state index contributed by atoms with van der Waals surface area (Å²) in [6, 6.07) is 0. The number of hydrogen-bond donors (Lipinski definition) is 3. The summed E-state index contributed by atoms with van der Waals surface area (Å²) in [5.41, 5.74) is 1.55. The first-order chi connectivity index (χ1) is 35.1. The molecule has 0 aromatic carbocycles. The Bertz CT molecular complexity index is 2910. The number of fused-ring (bicyclic) bond motifs is 6. The first-order valence-electron chi connectivity index (χ1n) is 24.6. The van der Waals surface area contributed by atoms with Gasteiger partial charge in [-0.2, -0.15) is 0 Å². The van der Waals surface area contributed by atoms with E-state index in [1.807, 2.05) is 39.8 Å². The maximum Gasteiger partial charge on any atom is 1.00 e. The molecule has 3 N–H and O–H groups in total. The Morgan fingerprint density at radius 1 is 0.757 bits per heavy atom. The minimum Gasteiger partial charge on any atom is -1.00 e. The Kier molecular flexibility index (Phi) is 30.0. The fourth-order valence-corrected chi connectivity index (χ4v) is 8.28. The Hall–Kier alpha value is -3.04. The number of nitrogens with zero attached hydrogens (tertiary/aromatic N) is 14. The molecule has 0 amide bonds. The smallest absolute Gasteiger partial charge is 1.00 e. The van der Waals surface area contributed by atoms with E-state index in [1.54, 1.807) is 45.8 Å². The van der Waals surface area contributed by atoms with E-state index in [0.717, 1.165) is 80.6 Å². The summed E-state index contributed by atoms with van der Waals surface area (Å²) in [6.07, 6.45) is 13.6. The summed E-state index contributed by atoms with van der Waals surface area (Å²) in [5, 5.41) is 44.6. The maximum atomic E-state index is 12.6. The number of imidazole rings is 3. The molecule has 0 saturated carbocycles. The number of carbonyl (C=O) groups is 1. The third-order valence-corrected chi connectivity index (χ3v) is 12.1. The van der Waals surface area contributed by atoms with E-state index in [2.05, 4.69) is 93.2 Å². The number of alkyl halides is 2. The van der Waals surface area contributed by atoms with E-state index in [-0.39, 0.29) is 152 Å². The minimum atomic E-state index is -1.00. The van der Waals surface area contributed by atoms with Crippen molar-refractivity contribution in [2.75, 3.05) is 66.9 Å². The fraction of sp³-hybridized carbons (Fsp3) is 0.574. The number of allylic oxidation sites excluding steroid dienone is 2. The van der Waals surface area contributed by atoms with Gasteiger partial charge in [-0.15, -0.1) is 28.5 Å². The van der Waals surface area contributed by atoms with E-state index < -0.39 is 13.3 Å². The molecule has 6 aromatic rings. The summed E-state index contributed by atoms with van der Waals surface area (Å²) < 4.78 is 25.6. The number of rotatable bonds is 16. The summed E-state index contributed by atoms with van der Waals surface area (Å²) in [7, 11) is -1.00. The Balaban J connectivity index is 0.000000506. The Labute approximate surface area is 526 Å². The van der Waals surface area contributed by atoms with Gasteiger partial charge in [0, 0.05) is 75.4 Å². The van der Waals surface area contributed by atoms with Gasteiger partial charge in [-0.1, -0.05) is 69.6 Å². The van der Waals surface area contributed by atoms with E-state index >= 15 is 0 Å². The van der Waals surface area contributed by atoms with Crippen LogP contribution in [0.5, 0.6) is 0 Å². The van der Waals surface area contributed by atoms with Crippen molar-refractivity contribution < 1.29 is 135 Å². The molecule has 1 atom stereocenters. The van der Waals surface area contributed by atoms with Gasteiger partial charge in [0.05, 0.1) is 39.8 Å². The van der Waals surface area contributed by atoms with Crippen molar-refractivity contribution in [3.63, 3.8) is 0 Å². The van der Waals surface area contributed by atoms with Crippen LogP contribution in [-0.2, 0) is 29.3 Å². The number of anilines is 3. The van der Waals surface area contributed by atoms with Crippen LogP contribution in [0.1, 0.15) is 118 Å². The molecule has 9 heterocycles. The molecule has 1 unspecified atom stereocenters. The van der Waals surface area contributed by atoms with Crippen LogP contribution in [0.25, 0.3) is 16.6 Å². The summed E-state index contributed by atoms with van der Waals surface area (Å²) in [5.74, 6) is 5.16. The van der Waals surface area contributed by atoms with Gasteiger partial charge in [0.25, 0.3) is 23.2 Å². The molecule has 74 heavy (non-hydrogen) atoms. The summed E-state index contributed by atoms with van der Waals surface area (Å²) in [4.78, 5) is 65.6. The van der Waals surface area contributed by atoms with Crippen LogP contribution in [-0.4, -0.2) is 132 Å². The molecule has 9 rings (SSSR count). The van der Waals surface area contributed by atoms with E-state index in [4.69, 9.17) is 16.5 Å². The predicted octanol–water partition coefficient (Wildman–Crippen LogP) is -2.30. The molecule has 0 radical (unpaired) electrons. The van der Waals surface area contributed by atoms with Crippen LogP contribution in [0.4, 0.5) is 22.2 Å². The first kappa shape index (κ1) is 65.2. The Morgan fingerprint density at radius 2 is 1.16 bits per heavy atom. The van der Waals surface area contributed by atoms with Crippen molar-refractivity contribution in [2.45, 2.75) is 124 Å². The van der Waals surface area contributed by atoms with Gasteiger partial charge < -0.3 is 36.9 Å². The van der Waals surface area contributed by atoms with Gasteiger partial charge in [0.1, 0.15) is 17.5 Å². The number of unbranched alkanes of at least 4 members (excludes halogenated alkanes) is 2. The minimum absolute atomic E-state index is 0. The number of nitrogens with one attached hydrogen (secondary N) is 1. The SMILES string of the molecule is C=CCCCBr.C=CCCCN1CCn2c1nn1c(C(C)C)ncc1c2=O.CC(C)c1ncc2c(=O)n3c(nn12)N(CCCC(O)CO)CC3.CC(C)c1ncc2c(=O)n3c(nn12)NCC3.O=CO[O-].[2H]CF.[H-].[K+].[K+]. The molecule has 0 saturated heterocycles. The normalized spacial score (nSPS) is 13.2. The van der Waals surface area contributed by atoms with Crippen molar-refractivity contribution in [1.82, 2.24) is 57.5 Å². The number of aliphatic hydroxyl groups excluding tert-OH is 2. The number of aromatic nitrogens is 12. The van der Waals surface area contributed by atoms with Crippen LogP contribution in [0.2, 0.25) is 0 Å². The van der Waals surface area contributed by atoms with Crippen molar-refractivity contribution >= 4 is 56.8 Å². The second-order valence-corrected chi connectivity index (χ2v) is 18.4. The topological polar surface area (TPSA) is 265 Å². The molecule has 23 nitrogen and oxygen atoms in total. The molecule has 27 heteroatoms. The number of aliphatic hydroxyl groups is 2. The molecular weight excluding hydrogens is 1080 g/mol. The average Bonchev–Trinajstić information content (AvgIpc) is 4.25. The standard InChI is InChI=1S/C15H23N5O3.C15H21N5O.C10H13N5O.C5H9Br.CH3F.CH2O3.2K.H/c1-10(2)13-16-8-12-14(23)19-7-6-18(15(19)17-20(12)13)5-3-4-11(22)9-21;1-4-5-6-7-18-8-9-19-14(21)12-10-16-13(11(2)3)20(12)17-15(18)19;1-6(2)8-12-5-7-9(16)14-4-3-11-10(14)13-15(7)8;1-2-3-4-5-6;1-2;2-1-4-3;;;/h8,10-11,21-22H,3-7,9H2,1-2H3;4,10-11H,1,5-9H2,2-3H3;5-6H,3-4H2,1-2H3,(H,11,13);2H,1,3-5H2;1H3;1,3H;;;/q;;;;;;2*+1;-1/p-1/i;;;;1D;;;;. The van der Waals surface area contributed by atoms with E-state index in [9.17, 15) is 23.9 Å². The summed E-state index contributed by atoms with van der Waals surface area (Å²) >= 11 is 3.30. The molecule has 6 aromatic heterocycles. The quantitative estimate of drug-likeness (QED) is 0.0175. The van der Waals surface area contributed by atoms with Crippen molar-refractivity contribution in [1.29, 1.82) is 0 Å². The van der Waals surface area contributed by atoms with E-state index in [0.29, 0.717) is 61.0 Å². The summed E-state index contributed by atoms with van der Waals surface area (Å²) in [6.45, 7) is 25.1. The maximum absolute atomic E-state index is 12.6. The van der Waals surface area contributed by atoms with Crippen molar-refractivity contribution in [2.24, 2.45) is 0 Å². The molecule has 3 aliphatic heterocycles. The van der Waals surface area contributed by atoms with Crippen LogP contribution >= 0.6 is 15.9 Å². The fourth-order valence-electron chi connectivity index (χ4n) is 7.95. The molecule has 0 spiro atoms. The molecule has 3 aliphatic rings. The largest absolute Gasteiger partial charge is 1.00 e. The van der Waals surface area contributed by atoms with Gasteiger partial charge in [0.2, 0.25) is 17.8 Å². The monoisotopic (exact) mass is 1150 g/mol.